The zero-order chi connectivity index (χ0) is 39.0. The molecule has 0 bridgehead atoms. The molecule has 0 amide bonds. The Kier molecular flexibility index (Phi) is 8.88. The molecule has 59 heavy (non-hydrogen) atoms. The molecule has 4 aromatic heterocycles. The molecule has 10 aromatic rings. The van der Waals surface area contributed by atoms with Crippen LogP contribution in [0.15, 0.2) is 164 Å². The summed E-state index contributed by atoms with van der Waals surface area (Å²) in [6.07, 6.45) is 3.73. The normalized spacial score (nSPS) is 12.7. The first kappa shape index (κ1) is 36.6. The third kappa shape index (κ3) is 6.07. The first-order valence-electron chi connectivity index (χ1n) is 19.5. The van der Waals surface area contributed by atoms with Gasteiger partial charge in [0.15, 0.2) is 0 Å². The molecule has 8 heteroatoms. The van der Waals surface area contributed by atoms with E-state index in [1.54, 1.807) is 0 Å². The summed E-state index contributed by atoms with van der Waals surface area (Å²) in [5, 5.41) is 4.57. The minimum atomic E-state index is -0.0226. The molecule has 1 aliphatic rings. The van der Waals surface area contributed by atoms with Gasteiger partial charge in [0, 0.05) is 72.6 Å². The number of benzene rings is 6. The van der Waals surface area contributed by atoms with Gasteiger partial charge in [-0.2, -0.15) is 12.1 Å². The van der Waals surface area contributed by atoms with E-state index in [0.29, 0.717) is 11.5 Å². The predicted molar refractivity (Wildman–Crippen MR) is 235 cm³/mol. The van der Waals surface area contributed by atoms with Crippen molar-refractivity contribution in [3.05, 3.63) is 188 Å². The van der Waals surface area contributed by atoms with Crippen LogP contribution in [-0.2, 0) is 26.5 Å². The molecule has 0 fully saturated rings. The van der Waals surface area contributed by atoms with Gasteiger partial charge in [0.05, 0.1) is 16.7 Å². The van der Waals surface area contributed by atoms with E-state index in [9.17, 15) is 0 Å². The second-order valence-electron chi connectivity index (χ2n) is 15.7. The Morgan fingerprint density at radius 2 is 1.27 bits per heavy atom. The van der Waals surface area contributed by atoms with Gasteiger partial charge in [-0.15, -0.1) is 42.4 Å². The number of fused-ring (bicyclic) bond motifs is 7. The Balaban J connectivity index is 0.00000420. The van der Waals surface area contributed by atoms with Gasteiger partial charge in [-0.25, -0.2) is 9.97 Å². The minimum Gasteiger partial charge on any atom is -0.509 e. The maximum absolute atomic E-state index is 6.58. The zero-order valence-electron chi connectivity index (χ0n) is 32.6. The van der Waals surface area contributed by atoms with Gasteiger partial charge < -0.3 is 23.7 Å². The number of hydrogen-bond donors (Lipinski definition) is 0. The van der Waals surface area contributed by atoms with Gasteiger partial charge in [-0.05, 0) is 77.0 Å². The van der Waals surface area contributed by atoms with Crippen molar-refractivity contribution < 1.29 is 25.8 Å². The van der Waals surface area contributed by atoms with E-state index >= 15 is 0 Å². The van der Waals surface area contributed by atoms with Gasteiger partial charge in [-0.3, -0.25) is 0 Å². The summed E-state index contributed by atoms with van der Waals surface area (Å²) in [6.45, 7) is 8.77. The predicted octanol–water partition coefficient (Wildman–Crippen LogP) is 12.8. The maximum atomic E-state index is 6.58. The van der Waals surface area contributed by atoms with Gasteiger partial charge in [-0.1, -0.05) is 92.6 Å². The van der Waals surface area contributed by atoms with Gasteiger partial charge >= 0.3 is 0 Å². The number of anilines is 4. The molecular formula is C51H37N6OPt-3. The Morgan fingerprint density at radius 3 is 2.10 bits per heavy atom. The molecule has 1 aliphatic heterocycles. The summed E-state index contributed by atoms with van der Waals surface area (Å²) in [5.41, 5.74) is 9.41. The Morgan fingerprint density at radius 1 is 0.559 bits per heavy atom. The molecule has 11 rings (SSSR count). The average molecular weight is 945 g/mol. The third-order valence-electron chi connectivity index (χ3n) is 11.1. The molecule has 0 spiro atoms. The van der Waals surface area contributed by atoms with Crippen molar-refractivity contribution in [1.29, 1.82) is 0 Å². The molecule has 0 saturated carbocycles. The van der Waals surface area contributed by atoms with Crippen LogP contribution in [0.4, 0.5) is 22.9 Å². The van der Waals surface area contributed by atoms with Gasteiger partial charge in [0.2, 0.25) is 0 Å². The van der Waals surface area contributed by atoms with E-state index in [4.69, 9.17) is 14.7 Å². The fraction of sp³-hybridized carbons (Fsp3) is 0.0784. The Labute approximate surface area is 357 Å². The number of aromatic nitrogens is 4. The number of para-hydroxylation sites is 3. The molecule has 0 unspecified atom stereocenters. The van der Waals surface area contributed by atoms with Crippen molar-refractivity contribution in [3.8, 4) is 23.0 Å². The van der Waals surface area contributed by atoms with Gasteiger partial charge in [0.1, 0.15) is 11.6 Å². The molecular weight excluding hydrogens is 908 g/mol. The average Bonchev–Trinajstić information content (AvgIpc) is 3.92. The molecule has 290 valence electrons. The van der Waals surface area contributed by atoms with E-state index in [-0.39, 0.29) is 26.5 Å². The molecule has 0 aliphatic carbocycles. The van der Waals surface area contributed by atoms with Crippen LogP contribution in [0.5, 0.6) is 11.5 Å². The number of pyridine rings is 2. The van der Waals surface area contributed by atoms with Crippen molar-refractivity contribution in [2.75, 3.05) is 9.80 Å². The van der Waals surface area contributed by atoms with Crippen molar-refractivity contribution in [3.63, 3.8) is 0 Å². The molecule has 0 N–H and O–H groups in total. The standard InChI is InChI=1S/C51H37N6O.Pt/c1-51(2,3)34-27-29-52-48(30-34)57-42-20-9-7-18-39(42)40-26-25-38(32-47(40)57)58-37-17-11-16-36(31-37)54-33-55(46-24-13-28-53-50(46)54)44-22-12-23-45-49(44)41-19-8-10-21-43(41)56(45)35-14-5-4-6-15-35;/h4-30,33H,1-3H3;/q-3;. The van der Waals surface area contributed by atoms with E-state index in [1.807, 2.05) is 42.7 Å². The first-order chi connectivity index (χ1) is 28.4. The molecule has 6 aromatic carbocycles. The van der Waals surface area contributed by atoms with E-state index in [0.717, 1.165) is 67.2 Å². The number of nitrogens with zero attached hydrogens (tertiary/aromatic N) is 6. The molecule has 5 heterocycles. The zero-order valence-corrected chi connectivity index (χ0v) is 34.8. The van der Waals surface area contributed by atoms with Crippen molar-refractivity contribution in [1.82, 2.24) is 19.1 Å². The van der Waals surface area contributed by atoms with Crippen LogP contribution >= 0.6 is 0 Å². The van der Waals surface area contributed by atoms with Crippen LogP contribution in [0, 0.1) is 18.8 Å². The summed E-state index contributed by atoms with van der Waals surface area (Å²) in [6, 6.07) is 59.7. The number of rotatable bonds is 6. The third-order valence-corrected chi connectivity index (χ3v) is 11.1. The van der Waals surface area contributed by atoms with Crippen LogP contribution in [0.25, 0.3) is 55.1 Å². The van der Waals surface area contributed by atoms with E-state index in [2.05, 4.69) is 180 Å². The Hall–Kier alpha value is -6.69. The van der Waals surface area contributed by atoms with Crippen molar-refractivity contribution in [2.24, 2.45) is 0 Å². The smallest absolute Gasteiger partial charge is 0.135 e. The topological polar surface area (TPSA) is 51.4 Å². The summed E-state index contributed by atoms with van der Waals surface area (Å²) in [5.74, 6) is 2.81. The van der Waals surface area contributed by atoms with E-state index < -0.39 is 0 Å². The van der Waals surface area contributed by atoms with Crippen LogP contribution < -0.4 is 14.5 Å². The largest absolute Gasteiger partial charge is 0.509 e. The Bertz CT molecular complexity index is 3200. The number of ether oxygens (including phenoxy) is 1. The molecule has 0 saturated heterocycles. The summed E-state index contributed by atoms with van der Waals surface area (Å²) in [4.78, 5) is 14.0. The monoisotopic (exact) mass is 944 g/mol. The molecule has 0 atom stereocenters. The van der Waals surface area contributed by atoms with Crippen LogP contribution in [-0.4, -0.2) is 19.1 Å². The SMILES string of the molecule is CC(C)(C)c1ccnc(-n2c3[c-]c(Oc4[c-]c(N5[CH-]N(c6cccc7c6c6ccccc6n7-c6ccccc6)c6cccnc65)ccc4)ccc3c3ccccc32)c1.[Pt]. The first-order valence-corrected chi connectivity index (χ1v) is 19.5. The quantitative estimate of drug-likeness (QED) is 0.156. The maximum Gasteiger partial charge on any atom is 0.135 e. The van der Waals surface area contributed by atoms with Gasteiger partial charge in [0.25, 0.3) is 0 Å². The summed E-state index contributed by atoms with van der Waals surface area (Å²) < 4.78 is 11.1. The fourth-order valence-corrected chi connectivity index (χ4v) is 8.35. The summed E-state index contributed by atoms with van der Waals surface area (Å²) in [7, 11) is 0. The van der Waals surface area contributed by atoms with Crippen LogP contribution in [0.1, 0.15) is 26.3 Å². The van der Waals surface area contributed by atoms with Crippen LogP contribution in [0.3, 0.4) is 0 Å². The minimum absolute atomic E-state index is 0. The number of hydrogen-bond acceptors (Lipinski definition) is 5. The second-order valence-corrected chi connectivity index (χ2v) is 15.7. The van der Waals surface area contributed by atoms with Crippen LogP contribution in [0.2, 0.25) is 0 Å². The summed E-state index contributed by atoms with van der Waals surface area (Å²) >= 11 is 0. The second kappa shape index (κ2) is 14.3. The van der Waals surface area contributed by atoms with E-state index in [1.165, 1.54) is 16.3 Å². The van der Waals surface area contributed by atoms with Crippen molar-refractivity contribution >= 4 is 66.5 Å². The fourth-order valence-electron chi connectivity index (χ4n) is 8.35. The molecule has 7 nitrogen and oxygen atoms in total. The van der Waals surface area contributed by atoms with Crippen molar-refractivity contribution in [2.45, 2.75) is 26.2 Å². The molecule has 0 radical (unpaired) electrons.